The van der Waals surface area contributed by atoms with Gasteiger partial charge in [-0.05, 0) is 50.4 Å². The summed E-state index contributed by atoms with van der Waals surface area (Å²) in [6, 6.07) is 0. The predicted octanol–water partition coefficient (Wildman–Crippen LogP) is 2.34. The van der Waals surface area contributed by atoms with Crippen molar-refractivity contribution in [1.82, 2.24) is 0 Å². The summed E-state index contributed by atoms with van der Waals surface area (Å²) >= 11 is 0. The van der Waals surface area contributed by atoms with Gasteiger partial charge in [0.15, 0.2) is 0 Å². The lowest BCUT2D eigenvalue weighted by Gasteiger charge is -2.32. The Bertz CT molecular complexity index is 228. The number of hydrogen-bond donors (Lipinski definition) is 1. The lowest BCUT2D eigenvalue weighted by Crippen LogP contribution is -2.34. The molecule has 2 saturated carbocycles. The van der Waals surface area contributed by atoms with Crippen molar-refractivity contribution in [3.63, 3.8) is 0 Å². The van der Waals surface area contributed by atoms with Gasteiger partial charge >= 0.3 is 0 Å². The zero-order valence-electron chi connectivity index (χ0n) is 8.13. The van der Waals surface area contributed by atoms with Crippen molar-refractivity contribution in [2.75, 3.05) is 0 Å². The third kappa shape index (κ3) is 1.60. The van der Waals surface area contributed by atoms with E-state index in [0.29, 0.717) is 5.92 Å². The highest BCUT2D eigenvalue weighted by Crippen LogP contribution is 2.52. The van der Waals surface area contributed by atoms with Gasteiger partial charge in [-0.1, -0.05) is 0 Å². The van der Waals surface area contributed by atoms with Crippen molar-refractivity contribution in [1.29, 1.82) is 0 Å². The van der Waals surface area contributed by atoms with Gasteiger partial charge in [0.05, 0.1) is 5.60 Å². The highest BCUT2D eigenvalue weighted by molar-refractivity contribution is 5.01. The van der Waals surface area contributed by atoms with Crippen LogP contribution in [0.15, 0.2) is 0 Å². The predicted molar refractivity (Wildman–Crippen MR) is 53.1 cm³/mol. The van der Waals surface area contributed by atoms with Crippen molar-refractivity contribution in [3.05, 3.63) is 0 Å². The van der Waals surface area contributed by atoms with Crippen LogP contribution in [0.5, 0.6) is 0 Å². The van der Waals surface area contributed by atoms with Gasteiger partial charge in [0.2, 0.25) is 0 Å². The minimum absolute atomic E-state index is 0.334. The molecule has 2 aliphatic rings. The molecule has 2 rings (SSSR count). The maximum Gasteiger partial charge on any atom is 0.0678 e. The van der Waals surface area contributed by atoms with Gasteiger partial charge in [-0.3, -0.25) is 0 Å². The lowest BCUT2D eigenvalue weighted by atomic mass is 9.81. The first kappa shape index (κ1) is 9.09. The second-order valence-electron chi connectivity index (χ2n) is 4.74. The fraction of sp³-hybridized carbons (Fsp3) is 0.833. The maximum absolute atomic E-state index is 10.3. The summed E-state index contributed by atoms with van der Waals surface area (Å²) in [4.78, 5) is 0. The number of fused-ring (bicyclic) bond motifs is 2. The largest absolute Gasteiger partial charge is 0.390 e. The fourth-order valence-electron chi connectivity index (χ4n) is 3.22. The van der Waals surface area contributed by atoms with Gasteiger partial charge < -0.3 is 5.11 Å². The zero-order valence-corrected chi connectivity index (χ0v) is 8.13. The molecule has 0 aromatic carbocycles. The third-order valence-electron chi connectivity index (χ3n) is 3.87. The van der Waals surface area contributed by atoms with Crippen LogP contribution >= 0.6 is 0 Å². The molecular formula is C12H18O. The minimum atomic E-state index is -0.334. The molecule has 1 nitrogen and oxygen atoms in total. The minimum Gasteiger partial charge on any atom is -0.390 e. The van der Waals surface area contributed by atoms with E-state index < -0.39 is 0 Å². The molecule has 0 spiro atoms. The average Bonchev–Trinajstić information content (AvgIpc) is 2.64. The Labute approximate surface area is 80.5 Å². The molecule has 3 atom stereocenters. The first-order valence-electron chi connectivity index (χ1n) is 5.40. The summed E-state index contributed by atoms with van der Waals surface area (Å²) in [7, 11) is 0. The van der Waals surface area contributed by atoms with Crippen LogP contribution in [0.1, 0.15) is 44.9 Å². The van der Waals surface area contributed by atoms with E-state index in [0.717, 1.165) is 31.6 Å². The molecule has 0 aliphatic heterocycles. The van der Waals surface area contributed by atoms with Gasteiger partial charge in [-0.2, -0.15) is 0 Å². The standard InChI is InChI=1S/C12H18O/c1-2-3-4-7-12(13)9-10-5-6-11(12)8-10/h1,10-11,13H,3-9H2. The van der Waals surface area contributed by atoms with E-state index in [1.807, 2.05) is 0 Å². The number of terminal acetylenes is 1. The zero-order chi connectivity index (χ0) is 9.31. The quantitative estimate of drug-likeness (QED) is 0.519. The normalized spacial score (nSPS) is 42.2. The molecule has 2 fully saturated rings. The van der Waals surface area contributed by atoms with Crippen LogP contribution in [-0.4, -0.2) is 10.7 Å². The van der Waals surface area contributed by atoms with Crippen LogP contribution in [0, 0.1) is 24.2 Å². The average molecular weight is 178 g/mol. The van der Waals surface area contributed by atoms with Gasteiger partial charge in [-0.25, -0.2) is 0 Å². The number of aliphatic hydroxyl groups is 1. The molecule has 72 valence electrons. The van der Waals surface area contributed by atoms with Gasteiger partial charge in [0.25, 0.3) is 0 Å². The molecule has 0 saturated heterocycles. The SMILES string of the molecule is C#CCCCC1(O)CC2CCC1C2. The number of unbranched alkanes of at least 4 members (excludes halogenated alkanes) is 1. The highest BCUT2D eigenvalue weighted by Gasteiger charge is 2.48. The fourth-order valence-corrected chi connectivity index (χ4v) is 3.22. The van der Waals surface area contributed by atoms with Crippen LogP contribution in [0.3, 0.4) is 0 Å². The van der Waals surface area contributed by atoms with Crippen molar-refractivity contribution >= 4 is 0 Å². The van der Waals surface area contributed by atoms with Gasteiger partial charge in [0.1, 0.15) is 0 Å². The Morgan fingerprint density at radius 2 is 2.31 bits per heavy atom. The molecule has 0 amide bonds. The Kier molecular flexibility index (Phi) is 2.34. The van der Waals surface area contributed by atoms with Crippen molar-refractivity contribution < 1.29 is 5.11 Å². The van der Waals surface area contributed by atoms with Crippen LogP contribution in [0.4, 0.5) is 0 Å². The molecule has 13 heavy (non-hydrogen) atoms. The summed E-state index contributed by atoms with van der Waals surface area (Å²) in [6.07, 6.45) is 12.9. The van der Waals surface area contributed by atoms with E-state index in [1.54, 1.807) is 0 Å². The first-order valence-corrected chi connectivity index (χ1v) is 5.40. The smallest absolute Gasteiger partial charge is 0.0678 e. The van der Waals surface area contributed by atoms with E-state index in [9.17, 15) is 5.11 Å². The Balaban J connectivity index is 1.87. The summed E-state index contributed by atoms with van der Waals surface area (Å²) < 4.78 is 0. The Hall–Kier alpha value is -0.480. The van der Waals surface area contributed by atoms with Crippen molar-refractivity contribution in [2.24, 2.45) is 11.8 Å². The number of hydrogen-bond acceptors (Lipinski definition) is 1. The Morgan fingerprint density at radius 1 is 1.46 bits per heavy atom. The topological polar surface area (TPSA) is 20.2 Å². The van der Waals surface area contributed by atoms with E-state index in [1.165, 1.54) is 19.3 Å². The lowest BCUT2D eigenvalue weighted by molar-refractivity contribution is -0.0217. The molecule has 1 heteroatoms. The van der Waals surface area contributed by atoms with Crippen molar-refractivity contribution in [3.8, 4) is 12.3 Å². The summed E-state index contributed by atoms with van der Waals surface area (Å²) in [5.41, 5.74) is -0.334. The van der Waals surface area contributed by atoms with Crippen LogP contribution in [-0.2, 0) is 0 Å². The van der Waals surface area contributed by atoms with E-state index in [4.69, 9.17) is 6.42 Å². The molecule has 0 heterocycles. The van der Waals surface area contributed by atoms with Crippen LogP contribution in [0.2, 0.25) is 0 Å². The first-order chi connectivity index (χ1) is 6.24. The molecule has 0 aromatic heterocycles. The van der Waals surface area contributed by atoms with Crippen LogP contribution < -0.4 is 0 Å². The van der Waals surface area contributed by atoms with Crippen molar-refractivity contribution in [2.45, 2.75) is 50.5 Å². The maximum atomic E-state index is 10.3. The summed E-state index contributed by atoms with van der Waals surface area (Å²) in [6.45, 7) is 0. The second kappa shape index (κ2) is 3.35. The molecule has 1 N–H and O–H groups in total. The summed E-state index contributed by atoms with van der Waals surface area (Å²) in [5.74, 6) is 4.05. The highest BCUT2D eigenvalue weighted by atomic mass is 16.3. The molecule has 3 unspecified atom stereocenters. The monoisotopic (exact) mass is 178 g/mol. The summed E-state index contributed by atoms with van der Waals surface area (Å²) in [5, 5.41) is 10.3. The van der Waals surface area contributed by atoms with E-state index >= 15 is 0 Å². The van der Waals surface area contributed by atoms with Crippen LogP contribution in [0.25, 0.3) is 0 Å². The van der Waals surface area contributed by atoms with E-state index in [-0.39, 0.29) is 5.60 Å². The molecule has 0 radical (unpaired) electrons. The van der Waals surface area contributed by atoms with E-state index in [2.05, 4.69) is 5.92 Å². The molecule has 0 aromatic rings. The van der Waals surface area contributed by atoms with Gasteiger partial charge in [0, 0.05) is 6.42 Å². The molecule has 2 aliphatic carbocycles. The van der Waals surface area contributed by atoms with Gasteiger partial charge in [-0.15, -0.1) is 12.3 Å². The molecule has 2 bridgehead atoms. The Morgan fingerprint density at radius 3 is 2.85 bits per heavy atom. The third-order valence-corrected chi connectivity index (χ3v) is 3.87. The molecular weight excluding hydrogens is 160 g/mol. The number of rotatable bonds is 3. The second-order valence-corrected chi connectivity index (χ2v) is 4.74.